The van der Waals surface area contributed by atoms with Crippen molar-refractivity contribution in [1.82, 2.24) is 5.32 Å². The zero-order valence-electron chi connectivity index (χ0n) is 8.29. The molecule has 2 N–H and O–H groups in total. The molecule has 0 saturated heterocycles. The molecule has 0 saturated carbocycles. The molecule has 1 rings (SSSR count). The van der Waals surface area contributed by atoms with Crippen LogP contribution in [0.2, 0.25) is 0 Å². The Morgan fingerprint density at radius 3 is 3.00 bits per heavy atom. The number of hydrogen-bond donors (Lipinski definition) is 2. The van der Waals surface area contributed by atoms with E-state index >= 15 is 0 Å². The summed E-state index contributed by atoms with van der Waals surface area (Å²) < 4.78 is 4.99. The second-order valence-electron chi connectivity index (χ2n) is 2.89. The van der Waals surface area contributed by atoms with E-state index < -0.39 is 0 Å². The number of nitrogens with one attached hydrogen (secondary N) is 1. The Kier molecular flexibility index (Phi) is 4.01. The summed E-state index contributed by atoms with van der Waals surface area (Å²) >= 11 is 0. The van der Waals surface area contributed by atoms with E-state index in [0.29, 0.717) is 12.3 Å². The van der Waals surface area contributed by atoms with Gasteiger partial charge in [-0.2, -0.15) is 0 Å². The fraction of sp³-hybridized carbons (Fsp3) is 0.273. The fourth-order valence-electron chi connectivity index (χ4n) is 1.18. The molecule has 3 heteroatoms. The highest BCUT2D eigenvalue weighted by Gasteiger charge is 2.05. The first kappa shape index (κ1) is 10.6. The summed E-state index contributed by atoms with van der Waals surface area (Å²) in [5.41, 5.74) is 0.825. The smallest absolute Gasteiger partial charge is 0.162 e. The summed E-state index contributed by atoms with van der Waals surface area (Å²) in [6.07, 6.45) is 1.78. The SMILES string of the molecule is C=CCNCc1cccc(OC)c1O. The Bertz CT molecular complexity index is 310. The normalized spacial score (nSPS) is 9.79. The molecule has 1 aromatic rings. The van der Waals surface area contributed by atoms with Crippen molar-refractivity contribution >= 4 is 0 Å². The highest BCUT2D eigenvalue weighted by atomic mass is 16.5. The third-order valence-electron chi connectivity index (χ3n) is 1.91. The van der Waals surface area contributed by atoms with Gasteiger partial charge in [0.2, 0.25) is 0 Å². The maximum atomic E-state index is 9.70. The second-order valence-corrected chi connectivity index (χ2v) is 2.89. The van der Waals surface area contributed by atoms with Gasteiger partial charge in [0.05, 0.1) is 7.11 Å². The molecule has 0 heterocycles. The molecule has 0 radical (unpaired) electrons. The predicted octanol–water partition coefficient (Wildman–Crippen LogP) is 1.68. The summed E-state index contributed by atoms with van der Waals surface area (Å²) in [5, 5.41) is 12.8. The lowest BCUT2D eigenvalue weighted by Crippen LogP contribution is -2.12. The van der Waals surface area contributed by atoms with Crippen molar-refractivity contribution in [2.24, 2.45) is 0 Å². The molecule has 0 aromatic heterocycles. The van der Waals surface area contributed by atoms with Crippen molar-refractivity contribution in [3.8, 4) is 11.5 Å². The van der Waals surface area contributed by atoms with Gasteiger partial charge >= 0.3 is 0 Å². The lowest BCUT2D eigenvalue weighted by Gasteiger charge is -2.08. The second kappa shape index (κ2) is 5.29. The number of hydrogen-bond acceptors (Lipinski definition) is 3. The number of phenols is 1. The van der Waals surface area contributed by atoms with E-state index in [1.807, 2.05) is 12.1 Å². The Hall–Kier alpha value is -1.48. The molecule has 0 unspecified atom stereocenters. The van der Waals surface area contributed by atoms with Crippen LogP contribution in [0.3, 0.4) is 0 Å². The van der Waals surface area contributed by atoms with Gasteiger partial charge < -0.3 is 15.2 Å². The number of phenolic OH excluding ortho intramolecular Hbond substituents is 1. The van der Waals surface area contributed by atoms with Crippen molar-refractivity contribution in [3.63, 3.8) is 0 Å². The largest absolute Gasteiger partial charge is 0.504 e. The molecule has 0 spiro atoms. The van der Waals surface area contributed by atoms with Crippen LogP contribution in [0.25, 0.3) is 0 Å². The minimum atomic E-state index is 0.201. The topological polar surface area (TPSA) is 41.5 Å². The average molecular weight is 193 g/mol. The van der Waals surface area contributed by atoms with Crippen LogP contribution < -0.4 is 10.1 Å². The Morgan fingerprint density at radius 2 is 2.36 bits per heavy atom. The third-order valence-corrected chi connectivity index (χ3v) is 1.91. The van der Waals surface area contributed by atoms with Gasteiger partial charge in [-0.05, 0) is 6.07 Å². The van der Waals surface area contributed by atoms with E-state index in [9.17, 15) is 5.11 Å². The summed E-state index contributed by atoms with van der Waals surface area (Å²) in [6.45, 7) is 4.92. The molecule has 1 aromatic carbocycles. The molecule has 0 amide bonds. The predicted molar refractivity (Wildman–Crippen MR) is 56.6 cm³/mol. The van der Waals surface area contributed by atoms with Gasteiger partial charge in [0.25, 0.3) is 0 Å². The van der Waals surface area contributed by atoms with E-state index in [-0.39, 0.29) is 5.75 Å². The van der Waals surface area contributed by atoms with Gasteiger partial charge in [-0.15, -0.1) is 6.58 Å². The molecule has 0 atom stereocenters. The van der Waals surface area contributed by atoms with E-state index in [2.05, 4.69) is 11.9 Å². The first-order valence-electron chi connectivity index (χ1n) is 4.46. The molecule has 0 aliphatic carbocycles. The van der Waals surface area contributed by atoms with Crippen molar-refractivity contribution in [2.75, 3.05) is 13.7 Å². The van der Waals surface area contributed by atoms with Crippen LogP contribution in [0, 0.1) is 0 Å². The maximum Gasteiger partial charge on any atom is 0.162 e. The van der Waals surface area contributed by atoms with E-state index in [0.717, 1.165) is 12.1 Å². The molecule has 0 bridgehead atoms. The monoisotopic (exact) mass is 193 g/mol. The lowest BCUT2D eigenvalue weighted by atomic mass is 10.2. The van der Waals surface area contributed by atoms with Gasteiger partial charge in [0, 0.05) is 18.7 Å². The summed E-state index contributed by atoms with van der Waals surface area (Å²) in [5.74, 6) is 0.703. The van der Waals surface area contributed by atoms with Crippen molar-refractivity contribution in [1.29, 1.82) is 0 Å². The molecule has 3 nitrogen and oxygen atoms in total. The summed E-state index contributed by atoms with van der Waals surface area (Å²) in [6, 6.07) is 5.43. The Labute approximate surface area is 84.0 Å². The maximum absolute atomic E-state index is 9.70. The highest BCUT2D eigenvalue weighted by molar-refractivity contribution is 5.45. The number of methoxy groups -OCH3 is 1. The van der Waals surface area contributed by atoms with Crippen LogP contribution in [0.4, 0.5) is 0 Å². The molecule has 0 aliphatic rings. The van der Waals surface area contributed by atoms with Crippen molar-refractivity contribution < 1.29 is 9.84 Å². The van der Waals surface area contributed by atoms with E-state index in [4.69, 9.17) is 4.74 Å². The minimum Gasteiger partial charge on any atom is -0.504 e. The van der Waals surface area contributed by atoms with Crippen LogP contribution in [-0.4, -0.2) is 18.8 Å². The lowest BCUT2D eigenvalue weighted by molar-refractivity contribution is 0.370. The van der Waals surface area contributed by atoms with Crippen LogP contribution in [-0.2, 0) is 6.54 Å². The number of benzene rings is 1. The first-order chi connectivity index (χ1) is 6.79. The summed E-state index contributed by atoms with van der Waals surface area (Å²) in [7, 11) is 1.54. The summed E-state index contributed by atoms with van der Waals surface area (Å²) in [4.78, 5) is 0. The van der Waals surface area contributed by atoms with Gasteiger partial charge in [-0.1, -0.05) is 18.2 Å². The van der Waals surface area contributed by atoms with Crippen LogP contribution >= 0.6 is 0 Å². The van der Waals surface area contributed by atoms with Gasteiger partial charge in [-0.3, -0.25) is 0 Å². The van der Waals surface area contributed by atoms with Gasteiger partial charge in [0.15, 0.2) is 11.5 Å². The van der Waals surface area contributed by atoms with Crippen molar-refractivity contribution in [2.45, 2.75) is 6.54 Å². The van der Waals surface area contributed by atoms with Gasteiger partial charge in [-0.25, -0.2) is 0 Å². The molecule has 0 fully saturated rings. The zero-order chi connectivity index (χ0) is 10.4. The molecular weight excluding hydrogens is 178 g/mol. The standard InChI is InChI=1S/C11H15NO2/c1-3-7-12-8-9-5-4-6-10(14-2)11(9)13/h3-6,12-13H,1,7-8H2,2H3. The molecular formula is C11H15NO2. The van der Waals surface area contributed by atoms with Crippen molar-refractivity contribution in [3.05, 3.63) is 36.4 Å². The molecule has 0 aliphatic heterocycles. The Balaban J connectivity index is 2.71. The Morgan fingerprint density at radius 1 is 1.57 bits per heavy atom. The third kappa shape index (κ3) is 2.50. The van der Waals surface area contributed by atoms with E-state index in [1.165, 1.54) is 7.11 Å². The molecule has 14 heavy (non-hydrogen) atoms. The quantitative estimate of drug-likeness (QED) is 0.552. The van der Waals surface area contributed by atoms with E-state index in [1.54, 1.807) is 12.1 Å². The highest BCUT2D eigenvalue weighted by Crippen LogP contribution is 2.28. The number of para-hydroxylation sites is 1. The number of rotatable bonds is 5. The number of ether oxygens (including phenoxy) is 1. The number of aromatic hydroxyl groups is 1. The fourth-order valence-corrected chi connectivity index (χ4v) is 1.18. The zero-order valence-corrected chi connectivity index (χ0v) is 8.29. The van der Waals surface area contributed by atoms with Gasteiger partial charge in [0.1, 0.15) is 0 Å². The first-order valence-corrected chi connectivity index (χ1v) is 4.46. The molecule has 76 valence electrons. The van der Waals surface area contributed by atoms with Crippen LogP contribution in [0.1, 0.15) is 5.56 Å². The minimum absolute atomic E-state index is 0.201. The van der Waals surface area contributed by atoms with Crippen LogP contribution in [0.15, 0.2) is 30.9 Å². The van der Waals surface area contributed by atoms with Crippen LogP contribution in [0.5, 0.6) is 11.5 Å². The average Bonchev–Trinajstić information content (AvgIpc) is 2.21.